The van der Waals surface area contributed by atoms with Crippen LogP contribution in [0.3, 0.4) is 0 Å². The van der Waals surface area contributed by atoms with Crippen LogP contribution in [0.25, 0.3) is 5.69 Å². The topological polar surface area (TPSA) is 107 Å². The van der Waals surface area contributed by atoms with Crippen molar-refractivity contribution in [3.63, 3.8) is 0 Å². The highest BCUT2D eigenvalue weighted by molar-refractivity contribution is 5.95. The molecule has 7 nitrogen and oxygen atoms in total. The van der Waals surface area contributed by atoms with Crippen molar-refractivity contribution in [1.29, 1.82) is 0 Å². The lowest BCUT2D eigenvalue weighted by atomic mass is 10.1. The molecule has 0 aliphatic heterocycles. The summed E-state index contributed by atoms with van der Waals surface area (Å²) in [7, 11) is 3.33. The molecule has 2 aromatic rings. The number of carbonyl (C=O) groups is 2. The van der Waals surface area contributed by atoms with Crippen LogP contribution in [0, 0.1) is 0 Å². The van der Waals surface area contributed by atoms with Crippen molar-refractivity contribution < 1.29 is 9.59 Å². The fraction of sp³-hybridized carbons (Fsp3) is 0.154. The number of nitrogen functional groups attached to an aromatic ring is 1. The molecule has 1 aromatic carbocycles. The predicted octanol–water partition coefficient (Wildman–Crippen LogP) is 0.255. The number of primary amides is 1. The molecular formula is C13H15N5O2. The van der Waals surface area contributed by atoms with Crippen molar-refractivity contribution in [2.24, 2.45) is 5.73 Å². The fourth-order valence-corrected chi connectivity index (χ4v) is 1.74. The van der Waals surface area contributed by atoms with E-state index in [1.165, 1.54) is 22.0 Å². The number of nitrogens with zero attached hydrogens (tertiary/aromatic N) is 3. The van der Waals surface area contributed by atoms with Gasteiger partial charge in [0, 0.05) is 25.9 Å². The second kappa shape index (κ2) is 5.04. The van der Waals surface area contributed by atoms with Gasteiger partial charge in [0.05, 0.1) is 23.1 Å². The van der Waals surface area contributed by atoms with Gasteiger partial charge in [-0.25, -0.2) is 4.68 Å². The minimum Gasteiger partial charge on any atom is -0.397 e. The molecule has 4 N–H and O–H groups in total. The summed E-state index contributed by atoms with van der Waals surface area (Å²) in [5.74, 6) is -0.698. The third-order valence-electron chi connectivity index (χ3n) is 2.79. The summed E-state index contributed by atoms with van der Waals surface area (Å²) >= 11 is 0. The Labute approximate surface area is 115 Å². The molecule has 20 heavy (non-hydrogen) atoms. The van der Waals surface area contributed by atoms with E-state index in [-0.39, 0.29) is 11.5 Å². The Hall–Kier alpha value is -2.83. The van der Waals surface area contributed by atoms with E-state index in [1.54, 1.807) is 32.3 Å². The number of hydrogen-bond acceptors (Lipinski definition) is 4. The van der Waals surface area contributed by atoms with Crippen molar-refractivity contribution in [2.75, 3.05) is 19.8 Å². The van der Waals surface area contributed by atoms with Crippen LogP contribution in [-0.2, 0) is 0 Å². The second-order valence-electron chi connectivity index (χ2n) is 4.51. The summed E-state index contributed by atoms with van der Waals surface area (Å²) in [4.78, 5) is 24.3. The van der Waals surface area contributed by atoms with E-state index in [9.17, 15) is 9.59 Å². The maximum absolute atomic E-state index is 11.8. The van der Waals surface area contributed by atoms with E-state index in [1.807, 2.05) is 0 Å². The van der Waals surface area contributed by atoms with Crippen LogP contribution >= 0.6 is 0 Å². The predicted molar refractivity (Wildman–Crippen MR) is 74.5 cm³/mol. The number of hydrogen-bond donors (Lipinski definition) is 2. The van der Waals surface area contributed by atoms with Crippen molar-refractivity contribution in [1.82, 2.24) is 14.7 Å². The zero-order chi connectivity index (χ0) is 14.9. The first-order valence-corrected chi connectivity index (χ1v) is 5.86. The highest BCUT2D eigenvalue weighted by Crippen LogP contribution is 2.19. The highest BCUT2D eigenvalue weighted by atomic mass is 16.2. The Morgan fingerprint density at radius 2 is 1.95 bits per heavy atom. The Morgan fingerprint density at radius 1 is 1.25 bits per heavy atom. The largest absolute Gasteiger partial charge is 0.397 e. The van der Waals surface area contributed by atoms with E-state index in [0.717, 1.165) is 0 Å². The van der Waals surface area contributed by atoms with Gasteiger partial charge < -0.3 is 16.4 Å². The van der Waals surface area contributed by atoms with Crippen LogP contribution in [0.15, 0.2) is 30.6 Å². The zero-order valence-electron chi connectivity index (χ0n) is 11.2. The van der Waals surface area contributed by atoms with Gasteiger partial charge >= 0.3 is 0 Å². The Morgan fingerprint density at radius 3 is 2.45 bits per heavy atom. The molecule has 0 unspecified atom stereocenters. The fourth-order valence-electron chi connectivity index (χ4n) is 1.74. The minimum absolute atomic E-state index is 0.137. The molecule has 0 aliphatic rings. The number of benzene rings is 1. The summed E-state index contributed by atoms with van der Waals surface area (Å²) in [5, 5.41) is 4.02. The van der Waals surface area contributed by atoms with E-state index >= 15 is 0 Å². The van der Waals surface area contributed by atoms with Gasteiger partial charge in [-0.15, -0.1) is 0 Å². The minimum atomic E-state index is -0.561. The van der Waals surface area contributed by atoms with Gasteiger partial charge in [-0.05, 0) is 18.2 Å². The molecule has 0 saturated carbocycles. The first kappa shape index (κ1) is 13.6. The maximum Gasteiger partial charge on any atom is 0.253 e. The van der Waals surface area contributed by atoms with E-state index in [4.69, 9.17) is 11.5 Å². The maximum atomic E-state index is 11.8. The van der Waals surface area contributed by atoms with Crippen molar-refractivity contribution in [3.8, 4) is 5.69 Å². The summed E-state index contributed by atoms with van der Waals surface area (Å²) in [6.07, 6.45) is 2.85. The van der Waals surface area contributed by atoms with E-state index in [2.05, 4.69) is 5.10 Å². The smallest absolute Gasteiger partial charge is 0.253 e. The highest BCUT2D eigenvalue weighted by Gasteiger charge is 2.12. The quantitative estimate of drug-likeness (QED) is 0.782. The Bertz CT molecular complexity index is 675. The lowest BCUT2D eigenvalue weighted by Crippen LogP contribution is -2.21. The third-order valence-corrected chi connectivity index (χ3v) is 2.79. The van der Waals surface area contributed by atoms with Crippen LogP contribution in [-0.4, -0.2) is 40.6 Å². The van der Waals surface area contributed by atoms with Gasteiger partial charge in [0.25, 0.3) is 11.8 Å². The lowest BCUT2D eigenvalue weighted by Gasteiger charge is -2.12. The van der Waals surface area contributed by atoms with Crippen molar-refractivity contribution in [3.05, 3.63) is 41.7 Å². The summed E-state index contributed by atoms with van der Waals surface area (Å²) in [6, 6.07) is 4.90. The molecule has 1 aromatic heterocycles. The van der Waals surface area contributed by atoms with Gasteiger partial charge in [-0.3, -0.25) is 9.59 Å². The number of nitrogens with two attached hydrogens (primary N) is 2. The van der Waals surface area contributed by atoms with Crippen molar-refractivity contribution >= 4 is 17.5 Å². The van der Waals surface area contributed by atoms with Gasteiger partial charge in [0.1, 0.15) is 0 Å². The van der Waals surface area contributed by atoms with Gasteiger partial charge in [0.2, 0.25) is 0 Å². The normalized spacial score (nSPS) is 10.3. The van der Waals surface area contributed by atoms with Gasteiger partial charge in [-0.1, -0.05) is 0 Å². The molecule has 0 aliphatic carbocycles. The Kier molecular flexibility index (Phi) is 3.43. The van der Waals surface area contributed by atoms with Gasteiger partial charge in [-0.2, -0.15) is 5.10 Å². The van der Waals surface area contributed by atoms with E-state index < -0.39 is 5.91 Å². The molecular weight excluding hydrogens is 258 g/mol. The second-order valence-corrected chi connectivity index (χ2v) is 4.51. The molecule has 0 bridgehead atoms. The molecule has 2 amide bonds. The summed E-state index contributed by atoms with van der Waals surface area (Å²) in [5.41, 5.74) is 12.8. The number of rotatable bonds is 3. The van der Waals surface area contributed by atoms with Crippen LogP contribution < -0.4 is 11.5 Å². The first-order valence-electron chi connectivity index (χ1n) is 5.86. The zero-order valence-corrected chi connectivity index (χ0v) is 11.2. The molecule has 104 valence electrons. The average molecular weight is 273 g/mol. The number of anilines is 1. The molecule has 2 rings (SSSR count). The molecule has 0 saturated heterocycles. The number of amides is 2. The molecule has 0 spiro atoms. The molecule has 1 heterocycles. The summed E-state index contributed by atoms with van der Waals surface area (Å²) in [6.45, 7) is 0. The summed E-state index contributed by atoms with van der Waals surface area (Å²) < 4.78 is 1.44. The van der Waals surface area contributed by atoms with E-state index in [0.29, 0.717) is 16.9 Å². The van der Waals surface area contributed by atoms with Crippen LogP contribution in [0.2, 0.25) is 0 Å². The standard InChI is InChI=1S/C13H15N5O2/c1-17(2)13(20)8-3-4-11(10(14)5-8)18-7-9(6-16-18)12(15)19/h3-7H,14H2,1-2H3,(H2,15,19). The Balaban J connectivity index is 2.38. The third kappa shape index (κ3) is 2.46. The number of aromatic nitrogens is 2. The molecule has 7 heteroatoms. The SMILES string of the molecule is CN(C)C(=O)c1ccc(-n2cc(C(N)=O)cn2)c(N)c1. The molecule has 0 radical (unpaired) electrons. The molecule has 0 atom stereocenters. The number of carbonyl (C=O) groups excluding carboxylic acids is 2. The molecule has 0 fully saturated rings. The average Bonchev–Trinajstić information content (AvgIpc) is 2.87. The van der Waals surface area contributed by atoms with Gasteiger partial charge in [0.15, 0.2) is 0 Å². The van der Waals surface area contributed by atoms with Crippen LogP contribution in [0.1, 0.15) is 20.7 Å². The first-order chi connectivity index (χ1) is 9.40. The monoisotopic (exact) mass is 273 g/mol. The van der Waals surface area contributed by atoms with Crippen LogP contribution in [0.4, 0.5) is 5.69 Å². The lowest BCUT2D eigenvalue weighted by molar-refractivity contribution is 0.0827. The van der Waals surface area contributed by atoms with Crippen LogP contribution in [0.5, 0.6) is 0 Å². The van der Waals surface area contributed by atoms with Crippen molar-refractivity contribution in [2.45, 2.75) is 0 Å².